The molecule has 0 amide bonds. The van der Waals surface area contributed by atoms with Crippen LogP contribution in [-0.2, 0) is 25.7 Å². The average molecular weight is 879 g/mol. The molecular formula is C64H94O. The number of benzene rings is 6. The van der Waals surface area contributed by atoms with Crippen molar-refractivity contribution in [1.82, 2.24) is 0 Å². The van der Waals surface area contributed by atoms with E-state index >= 15 is 0 Å². The second-order valence-corrected chi connectivity index (χ2v) is 20.5. The Morgan fingerprint density at radius 2 is 0.754 bits per heavy atom. The van der Waals surface area contributed by atoms with Crippen molar-refractivity contribution in [2.24, 2.45) is 41.4 Å². The third-order valence-corrected chi connectivity index (χ3v) is 9.69. The molecule has 0 aliphatic heterocycles. The molecule has 6 aromatic carbocycles. The smallest absolute Gasteiger partial charge is 0.193 e. The second kappa shape index (κ2) is 35.5. The van der Waals surface area contributed by atoms with Crippen molar-refractivity contribution < 1.29 is 4.79 Å². The molecule has 0 fully saturated rings. The highest BCUT2D eigenvalue weighted by Gasteiger charge is 2.08. The number of hydrogen-bond donors (Lipinski definition) is 0. The standard InChI is InChI=1S/C17H18O.C14H16.C11H16.C10H14.C7H16.C4H10.CH4/c1-13(2)12-14-8-10-16(11-9-14)17(18)15-6-4-3-5-7-15;1-11(2)10-13-8-5-7-12-6-3-4-9-14(12)13;1-10(2)8-9-11-6-4-3-5-7-11;1-9(2)8-10-6-4-3-5-7-10;1-6(2)5-7(3)4;1-4(2)3;/h3-11,13H,12H2,1-2H3;3-9,11H,10H2,1-2H3;3-7,10H,8-9H2,1-2H3;3-7,9H,8H2,1-2H3;6-7H,5H2,1-4H3;4H,1-3H3;1H4. The van der Waals surface area contributed by atoms with Gasteiger partial charge in [0.05, 0.1) is 0 Å². The maximum Gasteiger partial charge on any atom is 0.193 e. The Bertz CT molecular complexity index is 1990. The van der Waals surface area contributed by atoms with Crippen LogP contribution in [0.15, 0.2) is 158 Å². The summed E-state index contributed by atoms with van der Waals surface area (Å²) >= 11 is 0. The zero-order valence-corrected chi connectivity index (χ0v) is 43.2. The first-order valence-electron chi connectivity index (χ1n) is 24.6. The van der Waals surface area contributed by atoms with Crippen LogP contribution in [0.25, 0.3) is 10.8 Å². The molecule has 0 unspecified atom stereocenters. The molecule has 0 bridgehead atoms. The van der Waals surface area contributed by atoms with Gasteiger partial charge in [0.1, 0.15) is 0 Å². The molecule has 0 saturated carbocycles. The molecule has 6 rings (SSSR count). The number of hydrogen-bond acceptors (Lipinski definition) is 1. The van der Waals surface area contributed by atoms with Gasteiger partial charge in [-0.3, -0.25) is 4.79 Å². The highest BCUT2D eigenvalue weighted by Crippen LogP contribution is 2.21. The third kappa shape index (κ3) is 30.9. The number of fused-ring (bicyclic) bond motifs is 1. The van der Waals surface area contributed by atoms with Crippen LogP contribution in [0.3, 0.4) is 0 Å². The number of aryl methyl sites for hydroxylation is 1. The molecule has 0 saturated heterocycles. The van der Waals surface area contributed by atoms with E-state index in [4.69, 9.17) is 0 Å². The van der Waals surface area contributed by atoms with E-state index in [-0.39, 0.29) is 13.2 Å². The van der Waals surface area contributed by atoms with Crippen LogP contribution in [-0.4, -0.2) is 5.78 Å². The van der Waals surface area contributed by atoms with Crippen LogP contribution in [0.4, 0.5) is 0 Å². The van der Waals surface area contributed by atoms with E-state index in [9.17, 15) is 4.79 Å². The summed E-state index contributed by atoms with van der Waals surface area (Å²) in [6.45, 7) is 33.5. The Hall–Kier alpha value is -4.75. The van der Waals surface area contributed by atoms with E-state index < -0.39 is 0 Å². The third-order valence-electron chi connectivity index (χ3n) is 9.69. The SMILES string of the molecule is C.CC(C)C.CC(C)CC(C)C.CC(C)CCc1ccccc1.CC(C)Cc1ccc(C(=O)c2ccccc2)cc1.CC(C)Cc1cccc2ccccc12.CC(C)Cc1ccccc1. The fraction of sp³-hybridized carbons (Fsp3) is 0.453. The first-order chi connectivity index (χ1) is 30.4. The summed E-state index contributed by atoms with van der Waals surface area (Å²) in [4.78, 5) is 12.2. The van der Waals surface area contributed by atoms with Gasteiger partial charge >= 0.3 is 0 Å². The van der Waals surface area contributed by atoms with Crippen LogP contribution in [0, 0.1) is 41.4 Å². The lowest BCUT2D eigenvalue weighted by atomic mass is 9.97. The van der Waals surface area contributed by atoms with Gasteiger partial charge in [0.25, 0.3) is 0 Å². The maximum absolute atomic E-state index is 12.2. The Balaban J connectivity index is 0.000000791. The number of ketones is 1. The molecule has 6 aromatic rings. The molecule has 0 N–H and O–H groups in total. The van der Waals surface area contributed by atoms with Crippen LogP contribution in [0.5, 0.6) is 0 Å². The van der Waals surface area contributed by atoms with Crippen molar-refractivity contribution in [2.75, 3.05) is 0 Å². The molecule has 356 valence electrons. The van der Waals surface area contributed by atoms with E-state index in [0.29, 0.717) is 5.92 Å². The van der Waals surface area contributed by atoms with E-state index in [2.05, 4.69) is 219 Å². The van der Waals surface area contributed by atoms with Crippen molar-refractivity contribution in [2.45, 2.75) is 150 Å². The Labute approximate surface area is 401 Å². The van der Waals surface area contributed by atoms with Crippen molar-refractivity contribution in [3.63, 3.8) is 0 Å². The lowest BCUT2D eigenvalue weighted by Gasteiger charge is -2.08. The highest BCUT2D eigenvalue weighted by atomic mass is 16.1. The van der Waals surface area contributed by atoms with E-state index in [1.54, 1.807) is 0 Å². The molecule has 0 aromatic heterocycles. The average Bonchev–Trinajstić information content (AvgIpc) is 3.24. The van der Waals surface area contributed by atoms with Crippen LogP contribution < -0.4 is 0 Å². The summed E-state index contributed by atoms with van der Waals surface area (Å²) in [7, 11) is 0. The summed E-state index contributed by atoms with van der Waals surface area (Å²) < 4.78 is 0. The molecular weight excluding hydrogens is 785 g/mol. The predicted molar refractivity (Wildman–Crippen MR) is 293 cm³/mol. The largest absolute Gasteiger partial charge is 0.289 e. The molecule has 0 aliphatic rings. The minimum atomic E-state index is 0. The molecule has 65 heavy (non-hydrogen) atoms. The zero-order valence-electron chi connectivity index (χ0n) is 43.2. The summed E-state index contributed by atoms with van der Waals surface area (Å²) in [5, 5.41) is 2.76. The van der Waals surface area contributed by atoms with Crippen LogP contribution in [0.2, 0.25) is 0 Å². The molecule has 0 heterocycles. The first-order valence-corrected chi connectivity index (χ1v) is 24.6. The quantitative estimate of drug-likeness (QED) is 0.106. The van der Waals surface area contributed by atoms with Gasteiger partial charge in [-0.15, -0.1) is 0 Å². The lowest BCUT2D eigenvalue weighted by Crippen LogP contribution is -2.01. The molecule has 0 radical (unpaired) electrons. The van der Waals surface area contributed by atoms with Gasteiger partial charge in [-0.1, -0.05) is 269 Å². The van der Waals surface area contributed by atoms with Gasteiger partial charge in [0.15, 0.2) is 5.78 Å². The molecule has 0 atom stereocenters. The maximum atomic E-state index is 12.2. The topological polar surface area (TPSA) is 17.1 Å². The molecule has 1 heteroatoms. The summed E-state index contributed by atoms with van der Waals surface area (Å²) in [6.07, 6.45) is 7.30. The fourth-order valence-corrected chi connectivity index (χ4v) is 7.06. The summed E-state index contributed by atoms with van der Waals surface area (Å²) in [5.41, 5.74) is 7.16. The van der Waals surface area contributed by atoms with Gasteiger partial charge < -0.3 is 0 Å². The molecule has 0 aliphatic carbocycles. The van der Waals surface area contributed by atoms with E-state index in [0.717, 1.165) is 53.1 Å². The van der Waals surface area contributed by atoms with Crippen molar-refractivity contribution in [3.8, 4) is 0 Å². The first kappa shape index (κ1) is 60.2. The minimum Gasteiger partial charge on any atom is -0.289 e. The zero-order chi connectivity index (χ0) is 47.9. The Morgan fingerprint density at radius 1 is 0.369 bits per heavy atom. The van der Waals surface area contributed by atoms with Crippen LogP contribution >= 0.6 is 0 Å². The van der Waals surface area contributed by atoms with E-state index in [1.807, 2.05) is 42.5 Å². The Morgan fingerprint density at radius 3 is 1.18 bits per heavy atom. The van der Waals surface area contributed by atoms with Gasteiger partial charge in [-0.25, -0.2) is 0 Å². The number of carbonyl (C=O) groups is 1. The fourth-order valence-electron chi connectivity index (χ4n) is 7.06. The normalized spacial score (nSPS) is 10.4. The molecule has 0 spiro atoms. The van der Waals surface area contributed by atoms with Crippen molar-refractivity contribution in [3.05, 3.63) is 191 Å². The molecule has 1 nitrogen and oxygen atoms in total. The Kier molecular flexibility index (Phi) is 32.9. The van der Waals surface area contributed by atoms with Gasteiger partial charge in [0, 0.05) is 11.1 Å². The lowest BCUT2D eigenvalue weighted by molar-refractivity contribution is 0.103. The van der Waals surface area contributed by atoms with Crippen molar-refractivity contribution in [1.29, 1.82) is 0 Å². The monoisotopic (exact) mass is 879 g/mol. The van der Waals surface area contributed by atoms with Crippen LogP contribution in [0.1, 0.15) is 162 Å². The second-order valence-electron chi connectivity index (χ2n) is 20.5. The highest BCUT2D eigenvalue weighted by molar-refractivity contribution is 6.08. The summed E-state index contributed by atoms with van der Waals surface area (Å²) in [5.74, 6) is 5.62. The van der Waals surface area contributed by atoms with Gasteiger partial charge in [0.2, 0.25) is 0 Å². The van der Waals surface area contributed by atoms with Crippen molar-refractivity contribution >= 4 is 16.6 Å². The minimum absolute atomic E-state index is 0. The number of rotatable bonds is 13. The predicted octanol–water partition coefficient (Wildman–Crippen LogP) is 19.3. The van der Waals surface area contributed by atoms with E-state index in [1.165, 1.54) is 65.1 Å². The van der Waals surface area contributed by atoms with Gasteiger partial charge in [-0.2, -0.15) is 0 Å². The van der Waals surface area contributed by atoms with Gasteiger partial charge in [-0.05, 0) is 113 Å². The number of carbonyl (C=O) groups excluding carboxylic acids is 1. The summed E-state index contributed by atoms with van der Waals surface area (Å²) in [6, 6.07) is 53.8.